The molecule has 2 aromatic carbocycles. The van der Waals surface area contributed by atoms with Gasteiger partial charge < -0.3 is 19.9 Å². The molecule has 2 heterocycles. The van der Waals surface area contributed by atoms with Gasteiger partial charge in [0.2, 0.25) is 0 Å². The molecule has 29 heavy (non-hydrogen) atoms. The largest absolute Gasteiger partial charge is 0.450 e. The molecule has 0 bridgehead atoms. The molecule has 0 radical (unpaired) electrons. The van der Waals surface area contributed by atoms with Crippen molar-refractivity contribution in [2.75, 3.05) is 25.0 Å². The van der Waals surface area contributed by atoms with Crippen molar-refractivity contribution in [1.82, 2.24) is 9.80 Å². The molecule has 2 aliphatic heterocycles. The van der Waals surface area contributed by atoms with Crippen LogP contribution in [0, 0.1) is 5.82 Å². The highest BCUT2D eigenvalue weighted by molar-refractivity contribution is 5.99. The Morgan fingerprint density at radius 1 is 1.14 bits per heavy atom. The number of carbonyl (C=O) groups excluding carboxylic acids is 2. The molecule has 2 aliphatic rings. The van der Waals surface area contributed by atoms with Crippen LogP contribution < -0.4 is 5.32 Å². The number of piperidine rings is 1. The highest BCUT2D eigenvalue weighted by Gasteiger charge is 2.42. The van der Waals surface area contributed by atoms with Gasteiger partial charge in [-0.2, -0.15) is 0 Å². The molecule has 1 atom stereocenters. The first kappa shape index (κ1) is 19.2. The number of benzene rings is 2. The quantitative estimate of drug-likeness (QED) is 0.847. The Kier molecular flexibility index (Phi) is 5.38. The maximum atomic E-state index is 14.3. The van der Waals surface area contributed by atoms with Gasteiger partial charge >= 0.3 is 6.09 Å². The van der Waals surface area contributed by atoms with E-state index in [9.17, 15) is 14.0 Å². The van der Waals surface area contributed by atoms with Gasteiger partial charge in [-0.3, -0.25) is 4.79 Å². The van der Waals surface area contributed by atoms with Crippen LogP contribution in [0.15, 0.2) is 48.5 Å². The molecule has 1 saturated heterocycles. The van der Waals surface area contributed by atoms with E-state index in [0.717, 1.165) is 5.56 Å². The lowest BCUT2D eigenvalue weighted by Crippen LogP contribution is -2.49. The van der Waals surface area contributed by atoms with E-state index in [1.54, 1.807) is 41.0 Å². The van der Waals surface area contributed by atoms with Crippen molar-refractivity contribution in [2.45, 2.75) is 32.0 Å². The number of halogens is 1. The Hall–Kier alpha value is -3.09. The molecule has 2 amide bonds. The average Bonchev–Trinajstić information content (AvgIpc) is 3.02. The van der Waals surface area contributed by atoms with Gasteiger partial charge in [0.25, 0.3) is 5.91 Å². The summed E-state index contributed by atoms with van der Waals surface area (Å²) in [5, 5.41) is 3.22. The SMILES string of the molecule is CCOC(=O)N1CCC(N2C(=O)c3ccccc3[C@@H]2Nc2ccccc2F)CC1. The van der Waals surface area contributed by atoms with Gasteiger partial charge in [-0.15, -0.1) is 0 Å². The predicted octanol–water partition coefficient (Wildman–Crippen LogP) is 4.01. The molecule has 0 unspecified atom stereocenters. The molecular formula is C22H24FN3O3. The summed E-state index contributed by atoms with van der Waals surface area (Å²) in [4.78, 5) is 28.6. The van der Waals surface area contributed by atoms with E-state index in [0.29, 0.717) is 43.8 Å². The highest BCUT2D eigenvalue weighted by Crippen LogP contribution is 2.38. The lowest BCUT2D eigenvalue weighted by Gasteiger charge is -2.39. The smallest absolute Gasteiger partial charge is 0.409 e. The Bertz CT molecular complexity index is 912. The zero-order valence-electron chi connectivity index (χ0n) is 16.3. The van der Waals surface area contributed by atoms with Crippen LogP contribution in [0.1, 0.15) is 41.9 Å². The van der Waals surface area contributed by atoms with Crippen LogP contribution in [0.5, 0.6) is 0 Å². The number of anilines is 1. The van der Waals surface area contributed by atoms with Crippen LogP contribution in [0.25, 0.3) is 0 Å². The molecule has 152 valence electrons. The lowest BCUT2D eigenvalue weighted by atomic mass is 10.0. The number of rotatable bonds is 4. The van der Waals surface area contributed by atoms with Gasteiger partial charge in [0.1, 0.15) is 12.0 Å². The van der Waals surface area contributed by atoms with E-state index in [-0.39, 0.29) is 23.9 Å². The van der Waals surface area contributed by atoms with Gasteiger partial charge in [0, 0.05) is 30.3 Å². The number of nitrogens with one attached hydrogen (secondary N) is 1. The summed E-state index contributed by atoms with van der Waals surface area (Å²) in [5.74, 6) is -0.426. The summed E-state index contributed by atoms with van der Waals surface area (Å²) in [5.41, 5.74) is 1.83. The van der Waals surface area contributed by atoms with E-state index in [2.05, 4.69) is 5.32 Å². The topological polar surface area (TPSA) is 61.9 Å². The number of fused-ring (bicyclic) bond motifs is 1. The number of nitrogens with zero attached hydrogens (tertiary/aromatic N) is 2. The van der Waals surface area contributed by atoms with Gasteiger partial charge in [-0.25, -0.2) is 9.18 Å². The summed E-state index contributed by atoms with van der Waals surface area (Å²) in [6.45, 7) is 3.17. The second-order valence-corrected chi connectivity index (χ2v) is 7.24. The predicted molar refractivity (Wildman–Crippen MR) is 107 cm³/mol. The minimum absolute atomic E-state index is 0.0511. The van der Waals surface area contributed by atoms with Gasteiger partial charge in [0.15, 0.2) is 0 Å². The van der Waals surface area contributed by atoms with E-state index >= 15 is 0 Å². The molecule has 0 saturated carbocycles. The summed E-state index contributed by atoms with van der Waals surface area (Å²) < 4.78 is 19.4. The minimum Gasteiger partial charge on any atom is -0.450 e. The van der Waals surface area contributed by atoms with Crippen molar-refractivity contribution in [1.29, 1.82) is 0 Å². The van der Waals surface area contributed by atoms with Crippen LogP contribution in [-0.2, 0) is 4.74 Å². The third-order valence-corrected chi connectivity index (χ3v) is 5.55. The number of amides is 2. The number of hydrogen-bond donors (Lipinski definition) is 1. The molecule has 4 rings (SSSR count). The molecule has 1 N–H and O–H groups in total. The Morgan fingerprint density at radius 2 is 1.83 bits per heavy atom. The van der Waals surface area contributed by atoms with E-state index in [4.69, 9.17) is 4.74 Å². The molecule has 0 spiro atoms. The summed E-state index contributed by atoms with van der Waals surface area (Å²) >= 11 is 0. The first-order chi connectivity index (χ1) is 14.1. The zero-order chi connectivity index (χ0) is 20.4. The third kappa shape index (κ3) is 3.64. The van der Waals surface area contributed by atoms with Crippen molar-refractivity contribution in [3.05, 3.63) is 65.5 Å². The van der Waals surface area contributed by atoms with E-state index < -0.39 is 6.17 Å². The van der Waals surface area contributed by atoms with Gasteiger partial charge in [-0.05, 0) is 38.0 Å². The van der Waals surface area contributed by atoms with Crippen molar-refractivity contribution in [2.24, 2.45) is 0 Å². The van der Waals surface area contributed by atoms with Crippen molar-refractivity contribution in [3.63, 3.8) is 0 Å². The fourth-order valence-electron chi connectivity index (χ4n) is 4.13. The Balaban J connectivity index is 1.57. The van der Waals surface area contributed by atoms with Crippen molar-refractivity contribution < 1.29 is 18.7 Å². The monoisotopic (exact) mass is 397 g/mol. The number of likely N-dealkylation sites (tertiary alicyclic amines) is 1. The zero-order valence-corrected chi connectivity index (χ0v) is 16.3. The standard InChI is InChI=1S/C22H24FN3O3/c1-2-29-22(28)25-13-11-15(12-14-25)26-20(24-19-10-6-5-9-18(19)23)16-7-3-4-8-17(16)21(26)27/h3-10,15,20,24H,2,11-14H2,1H3/t20-/m1/s1. The maximum absolute atomic E-state index is 14.3. The third-order valence-electron chi connectivity index (χ3n) is 5.55. The minimum atomic E-state index is -0.449. The summed E-state index contributed by atoms with van der Waals surface area (Å²) in [6, 6.07) is 13.8. The normalized spacial score (nSPS) is 19.2. The second-order valence-electron chi connectivity index (χ2n) is 7.24. The molecule has 7 heteroatoms. The van der Waals surface area contributed by atoms with E-state index in [1.807, 2.05) is 18.2 Å². The fraction of sp³-hybridized carbons (Fsp3) is 0.364. The van der Waals surface area contributed by atoms with Crippen LogP contribution in [-0.4, -0.2) is 47.5 Å². The summed E-state index contributed by atoms with van der Waals surface area (Å²) in [6.07, 6.45) is 0.528. The number of ether oxygens (including phenoxy) is 1. The molecular weight excluding hydrogens is 373 g/mol. The molecule has 0 aliphatic carbocycles. The van der Waals surface area contributed by atoms with Crippen molar-refractivity contribution >= 4 is 17.7 Å². The summed E-state index contributed by atoms with van der Waals surface area (Å²) in [7, 11) is 0. The van der Waals surface area contributed by atoms with Gasteiger partial charge in [0.05, 0.1) is 12.3 Å². The average molecular weight is 397 g/mol. The fourth-order valence-corrected chi connectivity index (χ4v) is 4.13. The molecule has 1 fully saturated rings. The second kappa shape index (κ2) is 8.11. The van der Waals surface area contributed by atoms with Crippen LogP contribution in [0.2, 0.25) is 0 Å². The first-order valence-electron chi connectivity index (χ1n) is 9.94. The number of hydrogen-bond acceptors (Lipinski definition) is 4. The Labute approximate surface area is 169 Å². The van der Waals surface area contributed by atoms with Crippen LogP contribution >= 0.6 is 0 Å². The number of carbonyl (C=O) groups is 2. The lowest BCUT2D eigenvalue weighted by molar-refractivity contribution is 0.0496. The van der Waals surface area contributed by atoms with Gasteiger partial charge in [-0.1, -0.05) is 30.3 Å². The number of para-hydroxylation sites is 1. The maximum Gasteiger partial charge on any atom is 0.409 e. The van der Waals surface area contributed by atoms with Crippen LogP contribution in [0.4, 0.5) is 14.9 Å². The van der Waals surface area contributed by atoms with E-state index in [1.165, 1.54) is 6.07 Å². The highest BCUT2D eigenvalue weighted by atomic mass is 19.1. The Morgan fingerprint density at radius 3 is 2.55 bits per heavy atom. The first-order valence-corrected chi connectivity index (χ1v) is 9.94. The molecule has 6 nitrogen and oxygen atoms in total. The molecule has 0 aromatic heterocycles. The molecule has 2 aromatic rings. The van der Waals surface area contributed by atoms with Crippen LogP contribution in [0.3, 0.4) is 0 Å². The van der Waals surface area contributed by atoms with Crippen molar-refractivity contribution in [3.8, 4) is 0 Å².